The number of hydrogen-bond acceptors (Lipinski definition) is 4. The lowest BCUT2D eigenvalue weighted by atomic mass is 9.88. The smallest absolute Gasteiger partial charge is 0.305 e. The molecular weight excluding hydrogens is 504 g/mol. The molecule has 7 nitrogen and oxygen atoms in total. The number of carbonyl (C=O) groups is 2. The van der Waals surface area contributed by atoms with E-state index in [-0.39, 0.29) is 52.8 Å². The van der Waals surface area contributed by atoms with E-state index in [9.17, 15) is 9.59 Å². The van der Waals surface area contributed by atoms with Crippen molar-refractivity contribution >= 4 is 56.9 Å². The van der Waals surface area contributed by atoms with Crippen LogP contribution >= 0.6 is 34.0 Å². The van der Waals surface area contributed by atoms with Gasteiger partial charge in [0.15, 0.2) is 0 Å². The van der Waals surface area contributed by atoms with E-state index in [0.717, 1.165) is 42.3 Å². The van der Waals surface area contributed by atoms with Crippen LogP contribution < -0.4 is 10.6 Å². The highest BCUT2D eigenvalue weighted by molar-refractivity contribution is 8.93. The van der Waals surface area contributed by atoms with Gasteiger partial charge in [0.25, 0.3) is 5.91 Å². The van der Waals surface area contributed by atoms with Gasteiger partial charge in [-0.2, -0.15) is 0 Å². The van der Waals surface area contributed by atoms with Crippen LogP contribution in [0.2, 0.25) is 0 Å². The monoisotopic (exact) mass is 532 g/mol. The minimum Gasteiger partial charge on any atom is -0.481 e. The van der Waals surface area contributed by atoms with Crippen molar-refractivity contribution in [2.45, 2.75) is 38.5 Å². The Balaban J connectivity index is 0.00000210. The number of piperidine rings is 1. The average molecular weight is 534 g/mol. The summed E-state index contributed by atoms with van der Waals surface area (Å²) in [4.78, 5) is 27.6. The lowest BCUT2D eigenvalue weighted by molar-refractivity contribution is -0.136. The van der Waals surface area contributed by atoms with Crippen LogP contribution in [0.1, 0.15) is 54.7 Å². The van der Waals surface area contributed by atoms with Crippen LogP contribution in [0.3, 0.4) is 0 Å². The highest BCUT2D eigenvalue weighted by Gasteiger charge is 2.21. The number of benzene rings is 1. The molecule has 0 saturated carbocycles. The maximum atomic E-state index is 12.2. The van der Waals surface area contributed by atoms with Gasteiger partial charge in [-0.15, -0.1) is 34.0 Å². The fourth-order valence-corrected chi connectivity index (χ4v) is 3.91. The quantitative estimate of drug-likeness (QED) is 0.506. The molecule has 0 bridgehead atoms. The Morgan fingerprint density at radius 1 is 1.31 bits per heavy atom. The number of rotatable bonds is 7. The standard InChI is InChI=1S/C20H28N4O3.2BrH/c1-13(11-14-5-8-21-9-6-14)19-23-16-12-15(3-4-17(16)24(19)2)20(27)22-10-7-18(25)26;;/h3-4,12-14,21H,5-11H2,1-2H3,(H,22,27)(H,25,26);2*1H. The Bertz CT molecular complexity index is 834. The van der Waals surface area contributed by atoms with Crippen molar-refractivity contribution < 1.29 is 14.7 Å². The van der Waals surface area contributed by atoms with Crippen molar-refractivity contribution in [3.05, 3.63) is 29.6 Å². The number of hydrogen-bond donors (Lipinski definition) is 3. The number of nitrogens with one attached hydrogen (secondary N) is 2. The molecule has 1 amide bonds. The molecule has 162 valence electrons. The predicted octanol–water partition coefficient (Wildman–Crippen LogP) is 3.43. The molecule has 3 rings (SSSR count). The Morgan fingerprint density at radius 3 is 2.66 bits per heavy atom. The van der Waals surface area contributed by atoms with Gasteiger partial charge < -0.3 is 20.3 Å². The second-order valence-electron chi connectivity index (χ2n) is 7.46. The summed E-state index contributed by atoms with van der Waals surface area (Å²) in [5.41, 5.74) is 2.31. The third-order valence-electron chi connectivity index (χ3n) is 5.39. The molecule has 0 spiro atoms. The number of nitrogens with zero attached hydrogens (tertiary/aromatic N) is 2. The molecule has 1 aromatic heterocycles. The van der Waals surface area contributed by atoms with Crippen LogP contribution in [0, 0.1) is 5.92 Å². The molecule has 1 saturated heterocycles. The van der Waals surface area contributed by atoms with Crippen LogP contribution in [0.15, 0.2) is 18.2 Å². The number of carbonyl (C=O) groups excluding carboxylic acids is 1. The second-order valence-corrected chi connectivity index (χ2v) is 7.46. The van der Waals surface area contributed by atoms with E-state index in [0.29, 0.717) is 11.5 Å². The summed E-state index contributed by atoms with van der Waals surface area (Å²) in [6, 6.07) is 5.46. The molecule has 1 aromatic carbocycles. The molecule has 3 N–H and O–H groups in total. The van der Waals surface area contributed by atoms with Crippen LogP contribution in [0.5, 0.6) is 0 Å². The summed E-state index contributed by atoms with van der Waals surface area (Å²) in [6.07, 6.45) is 3.47. The molecule has 1 unspecified atom stereocenters. The topological polar surface area (TPSA) is 96.2 Å². The van der Waals surface area contributed by atoms with Crippen molar-refractivity contribution in [3.63, 3.8) is 0 Å². The fourth-order valence-electron chi connectivity index (χ4n) is 3.91. The van der Waals surface area contributed by atoms with Crippen LogP contribution in [-0.2, 0) is 11.8 Å². The molecule has 2 heterocycles. The van der Waals surface area contributed by atoms with Crippen LogP contribution in [0.4, 0.5) is 0 Å². The molecule has 2 aromatic rings. The third-order valence-corrected chi connectivity index (χ3v) is 5.39. The van der Waals surface area contributed by atoms with E-state index in [1.807, 2.05) is 13.1 Å². The first-order valence-corrected chi connectivity index (χ1v) is 9.62. The third kappa shape index (κ3) is 6.52. The zero-order chi connectivity index (χ0) is 19.4. The zero-order valence-corrected chi connectivity index (χ0v) is 20.2. The van der Waals surface area contributed by atoms with Gasteiger partial charge in [-0.3, -0.25) is 9.59 Å². The first-order chi connectivity index (χ1) is 13.0. The van der Waals surface area contributed by atoms with Crippen molar-refractivity contribution in [1.29, 1.82) is 0 Å². The van der Waals surface area contributed by atoms with Gasteiger partial charge in [0.1, 0.15) is 5.82 Å². The summed E-state index contributed by atoms with van der Waals surface area (Å²) in [6.45, 7) is 4.54. The highest BCUT2D eigenvalue weighted by atomic mass is 79.9. The maximum Gasteiger partial charge on any atom is 0.305 e. The first kappa shape index (κ1) is 25.6. The van der Waals surface area contributed by atoms with Gasteiger partial charge in [-0.05, 0) is 56.5 Å². The number of aryl methyl sites for hydroxylation is 1. The van der Waals surface area contributed by atoms with Crippen molar-refractivity contribution in [2.24, 2.45) is 13.0 Å². The van der Waals surface area contributed by atoms with Crippen molar-refractivity contribution in [2.75, 3.05) is 19.6 Å². The van der Waals surface area contributed by atoms with Crippen LogP contribution in [-0.4, -0.2) is 46.2 Å². The number of carboxylic acids is 1. The van der Waals surface area contributed by atoms with E-state index in [4.69, 9.17) is 10.1 Å². The Hall–Kier alpha value is -1.45. The van der Waals surface area contributed by atoms with Gasteiger partial charge in [0, 0.05) is 25.1 Å². The maximum absolute atomic E-state index is 12.2. The number of aromatic nitrogens is 2. The molecule has 1 atom stereocenters. The SMILES string of the molecule is Br.Br.CC(CC1CCNCC1)c1nc2cc(C(=O)NCCC(=O)O)ccc2n1C. The molecule has 0 radical (unpaired) electrons. The molecule has 1 fully saturated rings. The predicted molar refractivity (Wildman–Crippen MR) is 125 cm³/mol. The van der Waals surface area contributed by atoms with Gasteiger partial charge in [-0.25, -0.2) is 4.98 Å². The molecule has 1 aliphatic heterocycles. The number of carboxylic acid groups (broad SMARTS) is 1. The first-order valence-electron chi connectivity index (χ1n) is 9.62. The number of imidazole rings is 1. The molecule has 1 aliphatic rings. The summed E-state index contributed by atoms with van der Waals surface area (Å²) in [7, 11) is 2.02. The number of fused-ring (bicyclic) bond motifs is 1. The minimum atomic E-state index is -0.928. The Morgan fingerprint density at radius 2 is 2.00 bits per heavy atom. The normalized spacial score (nSPS) is 15.2. The number of aliphatic carboxylic acids is 1. The van der Waals surface area contributed by atoms with Gasteiger partial charge in [-0.1, -0.05) is 6.92 Å². The summed E-state index contributed by atoms with van der Waals surface area (Å²) in [5, 5.41) is 14.7. The zero-order valence-electron chi connectivity index (χ0n) is 16.8. The van der Waals surface area contributed by atoms with E-state index in [1.54, 1.807) is 12.1 Å². The highest BCUT2D eigenvalue weighted by Crippen LogP contribution is 2.29. The van der Waals surface area contributed by atoms with Crippen molar-refractivity contribution in [3.8, 4) is 0 Å². The molecule has 9 heteroatoms. The summed E-state index contributed by atoms with van der Waals surface area (Å²) < 4.78 is 2.12. The summed E-state index contributed by atoms with van der Waals surface area (Å²) in [5.74, 6) is 0.943. The van der Waals surface area contributed by atoms with Gasteiger partial charge >= 0.3 is 5.97 Å². The van der Waals surface area contributed by atoms with Gasteiger partial charge in [0.05, 0.1) is 17.5 Å². The molecule has 29 heavy (non-hydrogen) atoms. The van der Waals surface area contributed by atoms with Crippen LogP contribution in [0.25, 0.3) is 11.0 Å². The molecular formula is C20H30Br2N4O3. The number of amides is 1. The lowest BCUT2D eigenvalue weighted by Gasteiger charge is -2.25. The van der Waals surface area contributed by atoms with E-state index in [2.05, 4.69) is 22.1 Å². The van der Waals surface area contributed by atoms with E-state index in [1.165, 1.54) is 12.8 Å². The van der Waals surface area contributed by atoms with Crippen molar-refractivity contribution in [1.82, 2.24) is 20.2 Å². The fraction of sp³-hybridized carbons (Fsp3) is 0.550. The Labute approximate surface area is 192 Å². The minimum absolute atomic E-state index is 0. The largest absolute Gasteiger partial charge is 0.481 e. The van der Waals surface area contributed by atoms with Gasteiger partial charge in [0.2, 0.25) is 0 Å². The second kappa shape index (κ2) is 11.7. The number of halogens is 2. The Kier molecular flexibility index (Phi) is 10.3. The van der Waals surface area contributed by atoms with E-state index >= 15 is 0 Å². The van der Waals surface area contributed by atoms with E-state index < -0.39 is 5.97 Å². The molecule has 0 aliphatic carbocycles. The summed E-state index contributed by atoms with van der Waals surface area (Å²) >= 11 is 0. The lowest BCUT2D eigenvalue weighted by Crippen LogP contribution is -2.28. The average Bonchev–Trinajstić information content (AvgIpc) is 2.98.